The second-order valence-corrected chi connectivity index (χ2v) is 1.99. The number of carboxylic acid groups (broad SMARTS) is 2. The number of unbranched alkanes of at least 4 members (excludes halogenated alkanes) is 1. The van der Waals surface area contributed by atoms with Crippen LogP contribution in [0.15, 0.2) is 0 Å². The molecule has 0 aliphatic heterocycles. The van der Waals surface area contributed by atoms with Crippen LogP contribution in [0.25, 0.3) is 0 Å². The van der Waals surface area contributed by atoms with Crippen LogP contribution >= 0.6 is 0 Å². The van der Waals surface area contributed by atoms with Crippen LogP contribution < -0.4 is 0 Å². The summed E-state index contributed by atoms with van der Waals surface area (Å²) in [6.45, 7) is 0. The number of aliphatic carboxylic acids is 2. The van der Waals surface area contributed by atoms with Gasteiger partial charge in [-0.05, 0) is 12.8 Å². The van der Waals surface area contributed by atoms with Crippen LogP contribution in [0.5, 0.6) is 0 Å². The maximum absolute atomic E-state index is 9.90. The van der Waals surface area contributed by atoms with Gasteiger partial charge in [-0.2, -0.15) is 0 Å². The van der Waals surface area contributed by atoms with E-state index in [-0.39, 0.29) is 50.6 Å². The minimum atomic E-state index is -0.870. The van der Waals surface area contributed by atoms with Gasteiger partial charge in [0.1, 0.15) is 0 Å². The van der Waals surface area contributed by atoms with E-state index in [9.17, 15) is 9.59 Å². The molecular weight excluding hydrogens is 176 g/mol. The molecule has 0 fully saturated rings. The minimum absolute atomic E-state index is 0. The third-order valence-electron chi connectivity index (χ3n) is 1.03. The Morgan fingerprint density at radius 2 is 1.18 bits per heavy atom. The normalized spacial score (nSPS) is 8.36. The third kappa shape index (κ3) is 13.2. The van der Waals surface area contributed by atoms with Crippen molar-refractivity contribution in [2.45, 2.75) is 25.7 Å². The molecule has 0 aliphatic carbocycles. The molecule has 0 radical (unpaired) electrons. The van der Waals surface area contributed by atoms with Gasteiger partial charge in [0.25, 0.3) is 0 Å². The summed E-state index contributed by atoms with van der Waals surface area (Å²) in [5.41, 5.74) is 0. The van der Waals surface area contributed by atoms with Crippen LogP contribution in [0.2, 0.25) is 0 Å². The fourth-order valence-corrected chi connectivity index (χ4v) is 0.552. The van der Waals surface area contributed by atoms with E-state index >= 15 is 0 Å². The van der Waals surface area contributed by atoms with Gasteiger partial charge in [-0.25, -0.2) is 0 Å². The molecule has 0 aromatic rings. The molecule has 0 rings (SSSR count). The second-order valence-electron chi connectivity index (χ2n) is 1.99. The molecule has 0 aromatic carbocycles. The molecule has 0 atom stereocenters. The first-order chi connectivity index (χ1) is 4.63. The molecular formula is C6H12CaO4. The zero-order valence-electron chi connectivity index (χ0n) is 5.54. The quantitative estimate of drug-likeness (QED) is 0.463. The first-order valence-corrected chi connectivity index (χ1v) is 3.06. The summed E-state index contributed by atoms with van der Waals surface area (Å²) >= 11 is 0. The van der Waals surface area contributed by atoms with Gasteiger partial charge in [0.15, 0.2) is 0 Å². The Kier molecular flexibility index (Phi) is 10.4. The van der Waals surface area contributed by atoms with E-state index < -0.39 is 11.9 Å². The van der Waals surface area contributed by atoms with E-state index in [1.165, 1.54) is 0 Å². The Hall–Kier alpha value is 0.200. The summed E-state index contributed by atoms with van der Waals surface area (Å²) in [5, 5.41) is 16.3. The summed E-state index contributed by atoms with van der Waals surface area (Å²) in [7, 11) is 0. The molecule has 0 bridgehead atoms. The van der Waals surface area contributed by atoms with Crippen molar-refractivity contribution in [3.63, 3.8) is 0 Å². The Morgan fingerprint density at radius 3 is 1.36 bits per heavy atom. The number of carbonyl (C=O) groups is 2. The molecule has 0 aromatic heterocycles. The van der Waals surface area contributed by atoms with Crippen LogP contribution in [0.1, 0.15) is 25.7 Å². The Balaban J connectivity index is 0. The maximum atomic E-state index is 9.90. The predicted octanol–water partition coefficient (Wildman–Crippen LogP) is -0.200. The Bertz CT molecular complexity index is 119. The fourth-order valence-electron chi connectivity index (χ4n) is 0.552. The van der Waals surface area contributed by atoms with Crippen molar-refractivity contribution >= 4 is 49.7 Å². The third-order valence-corrected chi connectivity index (χ3v) is 1.03. The van der Waals surface area contributed by atoms with E-state index in [0.29, 0.717) is 12.8 Å². The second kappa shape index (κ2) is 8.30. The molecule has 0 saturated carbocycles. The van der Waals surface area contributed by atoms with Crippen LogP contribution in [-0.4, -0.2) is 59.9 Å². The van der Waals surface area contributed by atoms with Crippen molar-refractivity contribution < 1.29 is 19.8 Å². The number of carboxylic acids is 2. The zero-order valence-corrected chi connectivity index (χ0v) is 5.54. The molecule has 0 heterocycles. The number of hydrogen-bond acceptors (Lipinski definition) is 2. The summed E-state index contributed by atoms with van der Waals surface area (Å²) in [6, 6.07) is 0. The van der Waals surface area contributed by atoms with Crippen LogP contribution in [0.4, 0.5) is 0 Å². The van der Waals surface area contributed by atoms with Crippen molar-refractivity contribution in [2.75, 3.05) is 0 Å². The molecule has 0 aliphatic rings. The number of hydrogen-bond donors (Lipinski definition) is 2. The topological polar surface area (TPSA) is 74.6 Å². The summed E-state index contributed by atoms with van der Waals surface area (Å²) < 4.78 is 0. The molecule has 2 N–H and O–H groups in total. The molecule has 5 heteroatoms. The predicted molar refractivity (Wildman–Crippen MR) is 42.3 cm³/mol. The van der Waals surface area contributed by atoms with E-state index in [2.05, 4.69) is 0 Å². The first-order valence-electron chi connectivity index (χ1n) is 3.06. The van der Waals surface area contributed by atoms with E-state index in [4.69, 9.17) is 10.2 Å². The standard InChI is InChI=1S/C6H10O4.Ca.2H/c7-5(8)3-1-2-4-6(9)10;;;/h1-4H2,(H,7,8)(H,9,10);;;. The van der Waals surface area contributed by atoms with Gasteiger partial charge in [0.2, 0.25) is 0 Å². The SMILES string of the molecule is O=C(O)CCCCC(=O)O.[CaH2]. The van der Waals surface area contributed by atoms with Crippen LogP contribution in [-0.2, 0) is 9.59 Å². The van der Waals surface area contributed by atoms with Crippen molar-refractivity contribution in [1.29, 1.82) is 0 Å². The fraction of sp³-hybridized carbons (Fsp3) is 0.667. The summed E-state index contributed by atoms with van der Waals surface area (Å²) in [4.78, 5) is 19.8. The van der Waals surface area contributed by atoms with Gasteiger partial charge < -0.3 is 10.2 Å². The van der Waals surface area contributed by atoms with Gasteiger partial charge in [-0.3, -0.25) is 9.59 Å². The van der Waals surface area contributed by atoms with Crippen molar-refractivity contribution in [3.05, 3.63) is 0 Å². The molecule has 11 heavy (non-hydrogen) atoms. The average Bonchev–Trinajstić information content (AvgIpc) is 1.79. The van der Waals surface area contributed by atoms with Crippen molar-refractivity contribution in [3.8, 4) is 0 Å². The van der Waals surface area contributed by atoms with Gasteiger partial charge in [0.05, 0.1) is 0 Å². The molecule has 4 nitrogen and oxygen atoms in total. The molecule has 0 spiro atoms. The van der Waals surface area contributed by atoms with Crippen molar-refractivity contribution in [2.24, 2.45) is 0 Å². The molecule has 0 unspecified atom stereocenters. The van der Waals surface area contributed by atoms with Crippen LogP contribution in [0, 0.1) is 0 Å². The first kappa shape index (κ1) is 13.8. The Morgan fingerprint density at radius 1 is 0.909 bits per heavy atom. The zero-order chi connectivity index (χ0) is 7.98. The average molecular weight is 188 g/mol. The van der Waals surface area contributed by atoms with E-state index in [1.807, 2.05) is 0 Å². The monoisotopic (exact) mass is 188 g/mol. The van der Waals surface area contributed by atoms with Crippen molar-refractivity contribution in [1.82, 2.24) is 0 Å². The van der Waals surface area contributed by atoms with Gasteiger partial charge in [0, 0.05) is 12.8 Å². The summed E-state index contributed by atoms with van der Waals surface area (Å²) in [6.07, 6.45) is 1.02. The van der Waals surface area contributed by atoms with Gasteiger partial charge in [-0.15, -0.1) is 0 Å². The Labute approximate surface area is 94.6 Å². The molecule has 0 amide bonds. The van der Waals surface area contributed by atoms with Gasteiger partial charge >= 0.3 is 49.7 Å². The van der Waals surface area contributed by atoms with Gasteiger partial charge in [-0.1, -0.05) is 0 Å². The van der Waals surface area contributed by atoms with E-state index in [1.54, 1.807) is 0 Å². The number of rotatable bonds is 5. The molecule has 62 valence electrons. The van der Waals surface area contributed by atoms with Crippen LogP contribution in [0.3, 0.4) is 0 Å². The van der Waals surface area contributed by atoms with E-state index in [0.717, 1.165) is 0 Å². The summed E-state index contributed by atoms with van der Waals surface area (Å²) in [5.74, 6) is -1.74. The molecule has 0 saturated heterocycles.